The van der Waals surface area contributed by atoms with Gasteiger partial charge in [0.05, 0.1) is 4.75 Å². The summed E-state index contributed by atoms with van der Waals surface area (Å²) in [7, 11) is 0. The number of carbonyl (C=O) groups excluding carboxylic acids is 1. The van der Waals surface area contributed by atoms with Crippen LogP contribution in [0.25, 0.3) is 0 Å². The molecule has 0 atom stereocenters. The lowest BCUT2D eigenvalue weighted by atomic mass is 10.1. The van der Waals surface area contributed by atoms with Gasteiger partial charge < -0.3 is 10.4 Å². The van der Waals surface area contributed by atoms with Gasteiger partial charge in [-0.05, 0) is 51.0 Å². The van der Waals surface area contributed by atoms with Gasteiger partial charge >= 0.3 is 5.97 Å². The van der Waals surface area contributed by atoms with Gasteiger partial charge in [-0.3, -0.25) is 9.59 Å². The molecular weight excluding hydrogens is 366 g/mol. The van der Waals surface area contributed by atoms with Crippen LogP contribution in [0.1, 0.15) is 39.5 Å². The second-order valence-electron chi connectivity index (χ2n) is 5.53. The average molecular weight is 388 g/mol. The Morgan fingerprint density at radius 1 is 1.18 bits per heavy atom. The Labute approximate surface area is 144 Å². The molecule has 0 aliphatic carbocycles. The van der Waals surface area contributed by atoms with Gasteiger partial charge in [0.2, 0.25) is 5.91 Å². The minimum Gasteiger partial charge on any atom is -0.481 e. The van der Waals surface area contributed by atoms with Gasteiger partial charge in [0, 0.05) is 22.3 Å². The molecule has 0 saturated carbocycles. The number of rotatable bonds is 9. The minimum atomic E-state index is -0.768. The molecule has 1 amide bonds. The molecule has 4 nitrogen and oxygen atoms in total. The summed E-state index contributed by atoms with van der Waals surface area (Å²) in [5.41, 5.74) is 0. The summed E-state index contributed by atoms with van der Waals surface area (Å²) in [6, 6.07) is 7.88. The van der Waals surface area contributed by atoms with Crippen LogP contribution < -0.4 is 5.32 Å². The lowest BCUT2D eigenvalue weighted by Gasteiger charge is -2.23. The predicted octanol–water partition coefficient (Wildman–Crippen LogP) is 4.08. The number of hydrogen-bond donors (Lipinski definition) is 2. The van der Waals surface area contributed by atoms with Crippen LogP contribution in [0.3, 0.4) is 0 Å². The number of benzene rings is 1. The molecule has 122 valence electrons. The minimum absolute atomic E-state index is 0.00125. The fraction of sp³-hybridized carbons (Fsp3) is 0.500. The van der Waals surface area contributed by atoms with E-state index >= 15 is 0 Å². The Bertz CT molecular complexity index is 503. The molecule has 2 N–H and O–H groups in total. The molecular formula is C16H22BrNO3S. The summed E-state index contributed by atoms with van der Waals surface area (Å²) >= 11 is 4.92. The Morgan fingerprint density at radius 3 is 2.41 bits per heavy atom. The van der Waals surface area contributed by atoms with Gasteiger partial charge in [0.15, 0.2) is 0 Å². The lowest BCUT2D eigenvalue weighted by molar-refractivity contribution is -0.137. The average Bonchev–Trinajstić information content (AvgIpc) is 2.44. The molecule has 6 heteroatoms. The number of nitrogens with one attached hydrogen (secondary N) is 1. The number of carboxylic acid groups (broad SMARTS) is 1. The van der Waals surface area contributed by atoms with Crippen molar-refractivity contribution >= 4 is 39.6 Å². The quantitative estimate of drug-likeness (QED) is 0.494. The first-order valence-corrected chi connectivity index (χ1v) is 8.87. The number of hydrogen-bond acceptors (Lipinski definition) is 3. The van der Waals surface area contributed by atoms with E-state index in [1.54, 1.807) is 0 Å². The second kappa shape index (κ2) is 9.20. The van der Waals surface area contributed by atoms with Crippen molar-refractivity contribution in [2.45, 2.75) is 49.2 Å². The largest absolute Gasteiger partial charge is 0.481 e. The standard InChI is InChI=1S/C16H22BrNO3S/c1-16(2,22-13-9-7-12(17)8-10-13)15(21)18-11-5-3-4-6-14(19)20/h7-10H,3-6,11H2,1-2H3,(H,18,21)(H,19,20). The van der Waals surface area contributed by atoms with E-state index in [-0.39, 0.29) is 12.3 Å². The molecule has 0 bridgehead atoms. The van der Waals surface area contributed by atoms with E-state index in [1.807, 2.05) is 38.1 Å². The van der Waals surface area contributed by atoms with Crippen molar-refractivity contribution in [3.05, 3.63) is 28.7 Å². The number of carbonyl (C=O) groups is 2. The Kier molecular flexibility index (Phi) is 7.96. The SMILES string of the molecule is CC(C)(Sc1ccc(Br)cc1)C(=O)NCCCCCC(=O)O. The number of aliphatic carboxylic acids is 1. The van der Waals surface area contributed by atoms with Crippen LogP contribution in [-0.4, -0.2) is 28.3 Å². The van der Waals surface area contributed by atoms with Crippen molar-refractivity contribution in [2.75, 3.05) is 6.54 Å². The number of carboxylic acids is 1. The van der Waals surface area contributed by atoms with Crippen molar-refractivity contribution in [1.82, 2.24) is 5.32 Å². The first-order chi connectivity index (χ1) is 10.3. The van der Waals surface area contributed by atoms with E-state index in [4.69, 9.17) is 5.11 Å². The van der Waals surface area contributed by atoms with Crippen LogP contribution >= 0.6 is 27.7 Å². The van der Waals surface area contributed by atoms with Gasteiger partial charge in [-0.15, -0.1) is 11.8 Å². The zero-order valence-corrected chi connectivity index (χ0v) is 15.3. The molecule has 0 aromatic heterocycles. The van der Waals surface area contributed by atoms with Gasteiger partial charge in [0.25, 0.3) is 0 Å². The van der Waals surface area contributed by atoms with E-state index in [2.05, 4.69) is 21.2 Å². The van der Waals surface area contributed by atoms with Crippen molar-refractivity contribution in [3.8, 4) is 0 Å². The molecule has 1 rings (SSSR count). The highest BCUT2D eigenvalue weighted by molar-refractivity contribution is 9.10. The third kappa shape index (κ3) is 7.31. The molecule has 0 fully saturated rings. The smallest absolute Gasteiger partial charge is 0.303 e. The topological polar surface area (TPSA) is 66.4 Å². The maximum atomic E-state index is 12.2. The summed E-state index contributed by atoms with van der Waals surface area (Å²) in [6.45, 7) is 4.39. The maximum absolute atomic E-state index is 12.2. The third-order valence-corrected chi connectivity index (χ3v) is 4.82. The van der Waals surface area contributed by atoms with E-state index in [0.29, 0.717) is 13.0 Å². The van der Waals surface area contributed by atoms with Gasteiger partial charge in [-0.25, -0.2) is 0 Å². The van der Waals surface area contributed by atoms with Crippen molar-refractivity contribution in [2.24, 2.45) is 0 Å². The fourth-order valence-electron chi connectivity index (χ4n) is 1.84. The number of amides is 1. The molecule has 0 unspecified atom stereocenters. The first-order valence-electron chi connectivity index (χ1n) is 7.26. The van der Waals surface area contributed by atoms with E-state index in [9.17, 15) is 9.59 Å². The van der Waals surface area contributed by atoms with Gasteiger partial charge in [-0.1, -0.05) is 22.4 Å². The summed E-state index contributed by atoms with van der Waals surface area (Å²) in [4.78, 5) is 23.7. The summed E-state index contributed by atoms with van der Waals surface area (Å²) in [5, 5.41) is 11.5. The number of halogens is 1. The molecule has 0 aliphatic rings. The molecule has 0 heterocycles. The molecule has 0 spiro atoms. The molecule has 0 saturated heterocycles. The highest BCUT2D eigenvalue weighted by atomic mass is 79.9. The number of thioether (sulfide) groups is 1. The van der Waals surface area contributed by atoms with Crippen LogP contribution in [0, 0.1) is 0 Å². The highest BCUT2D eigenvalue weighted by Crippen LogP contribution is 2.33. The fourth-order valence-corrected chi connectivity index (χ4v) is 3.13. The summed E-state index contributed by atoms with van der Waals surface area (Å²) in [5.74, 6) is -0.769. The van der Waals surface area contributed by atoms with Crippen LogP contribution in [0.5, 0.6) is 0 Å². The molecule has 1 aromatic carbocycles. The summed E-state index contributed by atoms with van der Waals surface area (Å²) in [6.07, 6.45) is 2.46. The van der Waals surface area contributed by atoms with E-state index in [1.165, 1.54) is 11.8 Å². The lowest BCUT2D eigenvalue weighted by Crippen LogP contribution is -2.40. The van der Waals surface area contributed by atoms with Crippen LogP contribution in [0.15, 0.2) is 33.6 Å². The molecule has 0 aliphatic heterocycles. The Hall–Kier alpha value is -1.01. The summed E-state index contributed by atoms with van der Waals surface area (Å²) < 4.78 is 0.468. The predicted molar refractivity (Wildman–Crippen MR) is 93.2 cm³/mol. The van der Waals surface area contributed by atoms with Crippen LogP contribution in [0.2, 0.25) is 0 Å². The van der Waals surface area contributed by atoms with Gasteiger partial charge in [0.1, 0.15) is 0 Å². The maximum Gasteiger partial charge on any atom is 0.303 e. The number of unbranched alkanes of at least 4 members (excludes halogenated alkanes) is 2. The third-order valence-electron chi connectivity index (χ3n) is 3.09. The zero-order chi connectivity index (χ0) is 16.6. The van der Waals surface area contributed by atoms with Crippen molar-refractivity contribution in [1.29, 1.82) is 0 Å². The van der Waals surface area contributed by atoms with Crippen molar-refractivity contribution < 1.29 is 14.7 Å². The Balaban J connectivity index is 2.33. The van der Waals surface area contributed by atoms with Crippen molar-refractivity contribution in [3.63, 3.8) is 0 Å². The normalized spacial score (nSPS) is 11.2. The van der Waals surface area contributed by atoms with E-state index in [0.717, 1.165) is 22.2 Å². The Morgan fingerprint density at radius 2 is 1.82 bits per heavy atom. The zero-order valence-electron chi connectivity index (χ0n) is 12.9. The molecule has 0 radical (unpaired) electrons. The second-order valence-corrected chi connectivity index (χ2v) is 8.14. The van der Waals surface area contributed by atoms with Crippen LogP contribution in [-0.2, 0) is 9.59 Å². The first kappa shape index (κ1) is 19.0. The van der Waals surface area contributed by atoms with E-state index < -0.39 is 10.7 Å². The monoisotopic (exact) mass is 387 g/mol. The molecule has 22 heavy (non-hydrogen) atoms. The molecule has 1 aromatic rings. The van der Waals surface area contributed by atoms with Crippen LogP contribution in [0.4, 0.5) is 0 Å². The highest BCUT2D eigenvalue weighted by Gasteiger charge is 2.28. The van der Waals surface area contributed by atoms with Gasteiger partial charge in [-0.2, -0.15) is 0 Å².